The lowest BCUT2D eigenvalue weighted by Gasteiger charge is -2.05. The maximum Gasteiger partial charge on any atom is 0.205 e. The van der Waals surface area contributed by atoms with Crippen LogP contribution in [0.25, 0.3) is 0 Å². The van der Waals surface area contributed by atoms with E-state index in [9.17, 15) is 4.39 Å². The lowest BCUT2D eigenvalue weighted by molar-refractivity contribution is 0.628. The number of hydrogen-bond donors (Lipinski definition) is 2. The van der Waals surface area contributed by atoms with E-state index in [2.05, 4.69) is 25.5 Å². The molecule has 0 fully saturated rings. The fraction of sp³-hybridized carbons (Fsp3) is 0. The average molecular weight is 267 g/mol. The third kappa shape index (κ3) is 2.86. The summed E-state index contributed by atoms with van der Waals surface area (Å²) in [7, 11) is 0. The van der Waals surface area contributed by atoms with Gasteiger partial charge in [0, 0.05) is 0 Å². The summed E-state index contributed by atoms with van der Waals surface area (Å²) in [5.74, 6) is -0.251. The van der Waals surface area contributed by atoms with Crippen molar-refractivity contribution in [2.45, 2.75) is 0 Å². The van der Waals surface area contributed by atoms with Crippen LogP contribution < -0.4 is 11.1 Å². The van der Waals surface area contributed by atoms with Gasteiger partial charge in [-0.3, -0.25) is 0 Å². The maximum atomic E-state index is 12.6. The van der Waals surface area contributed by atoms with Gasteiger partial charge in [0.2, 0.25) is 5.96 Å². The monoisotopic (exact) mass is 265 g/mol. The largest absolute Gasteiger partial charge is 0.369 e. The Morgan fingerprint density at radius 3 is 2.85 bits per heavy atom. The molecule has 0 unspecified atom stereocenters. The smallest absolute Gasteiger partial charge is 0.205 e. The van der Waals surface area contributed by atoms with Crippen LogP contribution in [0.15, 0.2) is 22.2 Å². The van der Waals surface area contributed by atoms with Crippen molar-refractivity contribution in [2.75, 3.05) is 5.32 Å². The molecule has 0 bridgehead atoms. The van der Waals surface area contributed by atoms with E-state index in [0.29, 0.717) is 5.69 Å². The van der Waals surface area contributed by atoms with E-state index in [4.69, 9.17) is 17.3 Å². The van der Waals surface area contributed by atoms with Crippen molar-refractivity contribution < 1.29 is 4.39 Å². The number of benzene rings is 1. The first-order valence-corrected chi connectivity index (χ1v) is 4.38. The molecule has 13 heavy (non-hydrogen) atoms. The summed E-state index contributed by atoms with van der Waals surface area (Å²) in [5.41, 5.74) is 5.86. The lowest BCUT2D eigenvalue weighted by atomic mass is 10.3. The summed E-state index contributed by atoms with van der Waals surface area (Å²) in [6.45, 7) is 0. The second-order valence-corrected chi connectivity index (χ2v) is 2.98. The van der Waals surface area contributed by atoms with Gasteiger partial charge < -0.3 is 11.1 Å². The van der Waals surface area contributed by atoms with Crippen molar-refractivity contribution in [3.05, 3.63) is 29.0 Å². The molecule has 0 amide bonds. The highest BCUT2D eigenvalue weighted by Crippen LogP contribution is 2.21. The van der Waals surface area contributed by atoms with Gasteiger partial charge in [-0.25, -0.2) is 4.39 Å². The van der Waals surface area contributed by atoms with Crippen LogP contribution >= 0.6 is 27.7 Å². The normalized spacial score (nSPS) is 11.5. The van der Waals surface area contributed by atoms with E-state index >= 15 is 0 Å². The van der Waals surface area contributed by atoms with Gasteiger partial charge in [-0.15, -0.1) is 0 Å². The van der Waals surface area contributed by atoms with Crippen LogP contribution in [0.1, 0.15) is 0 Å². The van der Waals surface area contributed by atoms with E-state index in [1.165, 1.54) is 18.2 Å². The fourth-order valence-electron chi connectivity index (χ4n) is 0.750. The minimum atomic E-state index is -0.398. The Labute approximate surface area is 88.1 Å². The van der Waals surface area contributed by atoms with E-state index in [-0.39, 0.29) is 11.0 Å². The number of rotatable bonds is 1. The number of nitrogens with zero attached hydrogens (tertiary/aromatic N) is 1. The molecule has 0 spiro atoms. The summed E-state index contributed by atoms with van der Waals surface area (Å²) in [5, 5.41) is 2.92. The quantitative estimate of drug-likeness (QED) is 0.606. The van der Waals surface area contributed by atoms with Crippen molar-refractivity contribution in [1.29, 1.82) is 0 Å². The fourth-order valence-corrected chi connectivity index (χ4v) is 1.05. The molecule has 6 heteroatoms. The average Bonchev–Trinajstić information content (AvgIpc) is 2.09. The molecule has 1 aromatic carbocycles. The van der Waals surface area contributed by atoms with Crippen LogP contribution in [0, 0.1) is 5.82 Å². The molecule has 0 saturated carbocycles. The Morgan fingerprint density at radius 2 is 2.31 bits per heavy atom. The molecule has 0 aliphatic heterocycles. The standard InChI is InChI=1S/C7H6BrClFN3/c8-13-7(11)12-6-2-1-4(10)3-5(6)9/h1-3H,(H3,11,12,13). The third-order valence-electron chi connectivity index (χ3n) is 1.28. The van der Waals surface area contributed by atoms with Crippen LogP contribution in [0.3, 0.4) is 0 Å². The highest BCUT2D eigenvalue weighted by Gasteiger charge is 2.01. The minimum Gasteiger partial charge on any atom is -0.369 e. The molecule has 0 radical (unpaired) electrons. The van der Waals surface area contributed by atoms with Gasteiger partial charge in [0.1, 0.15) is 5.82 Å². The van der Waals surface area contributed by atoms with Crippen LogP contribution in [0.2, 0.25) is 5.02 Å². The van der Waals surface area contributed by atoms with E-state index in [1.54, 1.807) is 0 Å². The highest BCUT2D eigenvalue weighted by atomic mass is 79.9. The number of guanidine groups is 1. The molecule has 0 aromatic heterocycles. The third-order valence-corrected chi connectivity index (χ3v) is 1.98. The first-order valence-electron chi connectivity index (χ1n) is 3.30. The van der Waals surface area contributed by atoms with Crippen LogP contribution in [0.5, 0.6) is 0 Å². The zero-order valence-electron chi connectivity index (χ0n) is 6.39. The molecule has 3 nitrogen and oxygen atoms in total. The summed E-state index contributed by atoms with van der Waals surface area (Å²) in [6, 6.07) is 3.93. The van der Waals surface area contributed by atoms with Gasteiger partial charge in [-0.2, -0.15) is 4.02 Å². The van der Waals surface area contributed by atoms with Gasteiger partial charge in [-0.05, 0) is 18.2 Å². The SMILES string of the molecule is NC(=NBr)Nc1ccc(F)cc1Cl. The zero-order valence-corrected chi connectivity index (χ0v) is 8.73. The van der Waals surface area contributed by atoms with Crippen LogP contribution in [-0.2, 0) is 0 Å². The summed E-state index contributed by atoms with van der Waals surface area (Å²) in [4.78, 5) is 0. The minimum absolute atomic E-state index is 0.147. The number of nitrogens with one attached hydrogen (secondary N) is 1. The molecular formula is C7H6BrClFN3. The second kappa shape index (κ2) is 4.43. The van der Waals surface area contributed by atoms with Crippen LogP contribution in [-0.4, -0.2) is 5.96 Å². The first kappa shape index (κ1) is 10.3. The van der Waals surface area contributed by atoms with Crippen molar-refractivity contribution in [2.24, 2.45) is 9.75 Å². The summed E-state index contributed by atoms with van der Waals surface area (Å²) < 4.78 is 16.1. The second-order valence-electron chi connectivity index (χ2n) is 2.22. The molecule has 0 saturated heterocycles. The van der Waals surface area contributed by atoms with Crippen LogP contribution in [0.4, 0.5) is 10.1 Å². The van der Waals surface area contributed by atoms with Crippen molar-refractivity contribution in [3.8, 4) is 0 Å². The molecule has 0 atom stereocenters. The van der Waals surface area contributed by atoms with Gasteiger partial charge in [-0.1, -0.05) is 11.6 Å². The zero-order chi connectivity index (χ0) is 9.84. The molecule has 1 rings (SSSR count). The predicted molar refractivity (Wildman–Crippen MR) is 55.6 cm³/mol. The predicted octanol–water partition coefficient (Wildman–Crippen LogP) is 2.52. The molecule has 0 aliphatic carbocycles. The van der Waals surface area contributed by atoms with E-state index < -0.39 is 5.82 Å². The molecule has 70 valence electrons. The maximum absolute atomic E-state index is 12.6. The molecule has 0 heterocycles. The summed E-state index contributed by atoms with van der Waals surface area (Å²) >= 11 is 8.50. The van der Waals surface area contributed by atoms with Crippen molar-refractivity contribution >= 4 is 39.4 Å². The number of hydrogen-bond acceptors (Lipinski definition) is 1. The number of nitrogens with two attached hydrogens (primary N) is 1. The first-order chi connectivity index (χ1) is 6.13. The Hall–Kier alpha value is -0.810. The Balaban J connectivity index is 2.90. The van der Waals surface area contributed by atoms with Gasteiger partial charge in [0.05, 0.1) is 26.9 Å². The highest BCUT2D eigenvalue weighted by molar-refractivity contribution is 9.08. The van der Waals surface area contributed by atoms with Gasteiger partial charge in [0.15, 0.2) is 0 Å². The Morgan fingerprint density at radius 1 is 1.62 bits per heavy atom. The topological polar surface area (TPSA) is 50.4 Å². The van der Waals surface area contributed by atoms with Gasteiger partial charge in [0.25, 0.3) is 0 Å². The molecule has 0 aliphatic rings. The Bertz CT molecular complexity index is 343. The number of halogens is 3. The lowest BCUT2D eigenvalue weighted by Crippen LogP contribution is -2.21. The van der Waals surface area contributed by atoms with E-state index in [0.717, 1.165) is 0 Å². The van der Waals surface area contributed by atoms with E-state index in [1.807, 2.05) is 0 Å². The number of anilines is 1. The summed E-state index contributed by atoms with van der Waals surface area (Å²) in [6.07, 6.45) is 0. The van der Waals surface area contributed by atoms with Crippen molar-refractivity contribution in [1.82, 2.24) is 0 Å². The molecular weight excluding hydrogens is 260 g/mol. The van der Waals surface area contributed by atoms with Crippen molar-refractivity contribution in [3.63, 3.8) is 0 Å². The Kier molecular flexibility index (Phi) is 3.50. The van der Waals surface area contributed by atoms with Gasteiger partial charge >= 0.3 is 0 Å². The molecule has 3 N–H and O–H groups in total. The molecule has 1 aromatic rings.